The van der Waals surface area contributed by atoms with Crippen molar-refractivity contribution >= 4 is 34.1 Å². The molecule has 2 fully saturated rings. The molecule has 4 rings (SSSR count). The van der Waals surface area contributed by atoms with Crippen LogP contribution in [0.4, 0.5) is 17.5 Å². The fraction of sp³-hybridized carbons (Fsp3) is 0.400. The molecule has 2 aromatic heterocycles. The first kappa shape index (κ1) is 13.3. The molecule has 1 aliphatic carbocycles. The quantitative estimate of drug-likeness (QED) is 0.888. The predicted octanol–water partition coefficient (Wildman–Crippen LogP) is 1.35. The molecule has 0 atom stereocenters. The van der Waals surface area contributed by atoms with Crippen LogP contribution in [-0.2, 0) is 9.53 Å². The summed E-state index contributed by atoms with van der Waals surface area (Å²) in [5, 5.41) is 4.55. The molecule has 3 N–H and O–H groups in total. The molecule has 1 aliphatic heterocycles. The molecule has 7 heteroatoms. The summed E-state index contributed by atoms with van der Waals surface area (Å²) in [6.07, 6.45) is 3.59. The van der Waals surface area contributed by atoms with Crippen LogP contribution in [0.15, 0.2) is 18.3 Å². The van der Waals surface area contributed by atoms with Gasteiger partial charge < -0.3 is 20.7 Å². The van der Waals surface area contributed by atoms with Crippen LogP contribution in [0.5, 0.6) is 0 Å². The number of fused-ring (bicyclic) bond motifs is 1. The summed E-state index contributed by atoms with van der Waals surface area (Å²) in [6.45, 7) is 2.02. The van der Waals surface area contributed by atoms with Crippen LogP contribution in [0.3, 0.4) is 0 Å². The zero-order valence-electron chi connectivity index (χ0n) is 12.1. The minimum absolute atomic E-state index is 0.0436. The summed E-state index contributed by atoms with van der Waals surface area (Å²) >= 11 is 0. The average molecular weight is 299 g/mol. The smallest absolute Gasteiger partial charge is 0.228 e. The molecule has 0 bridgehead atoms. The Kier molecular flexibility index (Phi) is 3.07. The van der Waals surface area contributed by atoms with Gasteiger partial charge in [0.2, 0.25) is 5.91 Å². The number of ether oxygens (including phenoxy) is 1. The Morgan fingerprint density at radius 2 is 2.27 bits per heavy atom. The van der Waals surface area contributed by atoms with Gasteiger partial charge >= 0.3 is 0 Å². The van der Waals surface area contributed by atoms with E-state index in [1.165, 1.54) is 0 Å². The number of hydrogen-bond donors (Lipinski definition) is 2. The Hall–Kier alpha value is -2.41. The predicted molar refractivity (Wildman–Crippen MR) is 83.5 cm³/mol. The molecule has 2 aliphatic rings. The van der Waals surface area contributed by atoms with Crippen molar-refractivity contribution in [2.24, 2.45) is 5.92 Å². The SMILES string of the molecule is Nc1nc(N2CCOC2)cc2cc(NC(=O)C3CC3)ncc12. The van der Waals surface area contributed by atoms with Crippen molar-refractivity contribution in [3.05, 3.63) is 18.3 Å². The number of amides is 1. The molecule has 22 heavy (non-hydrogen) atoms. The summed E-state index contributed by atoms with van der Waals surface area (Å²) in [5.41, 5.74) is 6.03. The Bertz CT molecular complexity index is 738. The van der Waals surface area contributed by atoms with E-state index >= 15 is 0 Å². The van der Waals surface area contributed by atoms with Crippen LogP contribution in [0, 0.1) is 5.92 Å². The van der Waals surface area contributed by atoms with E-state index in [9.17, 15) is 4.79 Å². The Morgan fingerprint density at radius 1 is 1.41 bits per heavy atom. The summed E-state index contributed by atoms with van der Waals surface area (Å²) in [6, 6.07) is 3.79. The molecular formula is C15H17N5O2. The monoisotopic (exact) mass is 299 g/mol. The van der Waals surface area contributed by atoms with Crippen molar-refractivity contribution in [1.82, 2.24) is 9.97 Å². The lowest BCUT2D eigenvalue weighted by Crippen LogP contribution is -2.20. The normalized spacial score (nSPS) is 17.9. The molecule has 3 heterocycles. The van der Waals surface area contributed by atoms with Gasteiger partial charge in [-0.1, -0.05) is 0 Å². The lowest BCUT2D eigenvalue weighted by atomic mass is 10.2. The standard InChI is InChI=1S/C15H17N5O2/c16-14-11-7-17-12(18-15(21)9-1-2-9)5-10(11)6-13(19-14)20-3-4-22-8-20/h5-7,9H,1-4,8H2,(H2,16,19)(H,17,18,21). The van der Waals surface area contributed by atoms with Crippen molar-refractivity contribution in [2.75, 3.05) is 35.8 Å². The third kappa shape index (κ3) is 2.43. The number of nitrogens with zero attached hydrogens (tertiary/aromatic N) is 3. The highest BCUT2D eigenvalue weighted by molar-refractivity contribution is 5.97. The summed E-state index contributed by atoms with van der Waals surface area (Å²) < 4.78 is 5.35. The van der Waals surface area contributed by atoms with Gasteiger partial charge in [-0.05, 0) is 30.4 Å². The van der Waals surface area contributed by atoms with Gasteiger partial charge in [0.05, 0.1) is 6.61 Å². The molecule has 1 saturated carbocycles. The molecular weight excluding hydrogens is 282 g/mol. The van der Waals surface area contributed by atoms with Gasteiger partial charge in [0.25, 0.3) is 0 Å². The van der Waals surface area contributed by atoms with E-state index in [2.05, 4.69) is 15.3 Å². The number of nitrogens with two attached hydrogens (primary N) is 1. The number of pyridine rings is 2. The number of carbonyl (C=O) groups is 1. The Morgan fingerprint density at radius 3 is 3.00 bits per heavy atom. The minimum atomic E-state index is 0.0436. The third-order valence-electron chi connectivity index (χ3n) is 4.01. The zero-order valence-corrected chi connectivity index (χ0v) is 12.1. The molecule has 1 amide bonds. The van der Waals surface area contributed by atoms with E-state index < -0.39 is 0 Å². The van der Waals surface area contributed by atoms with Crippen LogP contribution in [0.2, 0.25) is 0 Å². The van der Waals surface area contributed by atoms with Crippen LogP contribution >= 0.6 is 0 Å². The van der Waals surface area contributed by atoms with Gasteiger partial charge in [0.15, 0.2) is 0 Å². The van der Waals surface area contributed by atoms with Gasteiger partial charge in [-0.3, -0.25) is 4.79 Å². The number of nitrogen functional groups attached to an aromatic ring is 1. The fourth-order valence-electron chi connectivity index (χ4n) is 2.56. The van der Waals surface area contributed by atoms with E-state index in [-0.39, 0.29) is 11.8 Å². The van der Waals surface area contributed by atoms with Gasteiger partial charge in [-0.2, -0.15) is 0 Å². The Balaban J connectivity index is 1.68. The number of rotatable bonds is 3. The van der Waals surface area contributed by atoms with Crippen LogP contribution in [0.25, 0.3) is 10.8 Å². The van der Waals surface area contributed by atoms with Crippen LogP contribution in [-0.4, -0.2) is 35.8 Å². The van der Waals surface area contributed by atoms with E-state index in [1.54, 1.807) is 6.20 Å². The topological polar surface area (TPSA) is 93.4 Å². The fourth-order valence-corrected chi connectivity index (χ4v) is 2.56. The van der Waals surface area contributed by atoms with Crippen molar-refractivity contribution in [3.63, 3.8) is 0 Å². The van der Waals surface area contributed by atoms with Gasteiger partial charge in [-0.25, -0.2) is 9.97 Å². The molecule has 1 saturated heterocycles. The molecule has 7 nitrogen and oxygen atoms in total. The van der Waals surface area contributed by atoms with E-state index in [1.807, 2.05) is 17.0 Å². The van der Waals surface area contributed by atoms with Crippen molar-refractivity contribution < 1.29 is 9.53 Å². The number of hydrogen-bond acceptors (Lipinski definition) is 6. The maximum atomic E-state index is 11.8. The van der Waals surface area contributed by atoms with Crippen molar-refractivity contribution in [3.8, 4) is 0 Å². The number of carbonyl (C=O) groups excluding carboxylic acids is 1. The van der Waals surface area contributed by atoms with Crippen LogP contribution in [0.1, 0.15) is 12.8 Å². The molecule has 0 spiro atoms. The molecule has 0 aromatic carbocycles. The third-order valence-corrected chi connectivity index (χ3v) is 4.01. The molecule has 114 valence electrons. The number of nitrogens with one attached hydrogen (secondary N) is 1. The maximum absolute atomic E-state index is 11.8. The Labute approximate surface area is 127 Å². The van der Waals surface area contributed by atoms with Crippen LogP contribution < -0.4 is 16.0 Å². The van der Waals surface area contributed by atoms with E-state index in [0.717, 1.165) is 36.0 Å². The maximum Gasteiger partial charge on any atom is 0.228 e. The zero-order chi connectivity index (χ0) is 15.1. The summed E-state index contributed by atoms with van der Waals surface area (Å²) in [7, 11) is 0. The van der Waals surface area contributed by atoms with Gasteiger partial charge in [0, 0.05) is 24.0 Å². The van der Waals surface area contributed by atoms with Gasteiger partial charge in [0.1, 0.15) is 24.2 Å². The summed E-state index contributed by atoms with van der Waals surface area (Å²) in [4.78, 5) is 22.5. The van der Waals surface area contributed by atoms with E-state index in [4.69, 9.17) is 10.5 Å². The number of aromatic nitrogens is 2. The molecule has 0 radical (unpaired) electrons. The van der Waals surface area contributed by atoms with Crippen molar-refractivity contribution in [2.45, 2.75) is 12.8 Å². The highest BCUT2D eigenvalue weighted by Crippen LogP contribution is 2.31. The highest BCUT2D eigenvalue weighted by atomic mass is 16.5. The average Bonchev–Trinajstić information content (AvgIpc) is 3.22. The molecule has 2 aromatic rings. The largest absolute Gasteiger partial charge is 0.383 e. The first-order valence-electron chi connectivity index (χ1n) is 7.40. The van der Waals surface area contributed by atoms with E-state index in [0.29, 0.717) is 25.0 Å². The molecule has 0 unspecified atom stereocenters. The highest BCUT2D eigenvalue weighted by Gasteiger charge is 2.29. The first-order chi connectivity index (χ1) is 10.7. The second-order valence-corrected chi connectivity index (χ2v) is 5.72. The van der Waals surface area contributed by atoms with Gasteiger partial charge in [-0.15, -0.1) is 0 Å². The lowest BCUT2D eigenvalue weighted by Gasteiger charge is -2.16. The second kappa shape index (κ2) is 5.10. The van der Waals surface area contributed by atoms with Crippen molar-refractivity contribution in [1.29, 1.82) is 0 Å². The second-order valence-electron chi connectivity index (χ2n) is 5.72. The minimum Gasteiger partial charge on any atom is -0.383 e. The number of anilines is 3. The summed E-state index contributed by atoms with van der Waals surface area (Å²) in [5.74, 6) is 1.97. The lowest BCUT2D eigenvalue weighted by molar-refractivity contribution is -0.117. The first-order valence-corrected chi connectivity index (χ1v) is 7.40.